The number of thiazole rings is 1. The summed E-state index contributed by atoms with van der Waals surface area (Å²) in [4.78, 5) is 42.6. The molecule has 0 amide bonds. The van der Waals surface area contributed by atoms with Gasteiger partial charge in [0.05, 0.1) is 41.6 Å². The summed E-state index contributed by atoms with van der Waals surface area (Å²) in [5.41, 5.74) is 2.55. The molecule has 11 nitrogen and oxygen atoms in total. The van der Waals surface area contributed by atoms with Crippen LogP contribution in [0.1, 0.15) is 36.6 Å². The highest BCUT2D eigenvalue weighted by Crippen LogP contribution is 2.37. The zero-order valence-electron chi connectivity index (χ0n) is 24.4. The van der Waals surface area contributed by atoms with Crippen LogP contribution in [-0.2, 0) is 16.1 Å². The normalized spacial score (nSPS) is 14.5. The highest BCUT2D eigenvalue weighted by atomic mass is 32.1. The van der Waals surface area contributed by atoms with E-state index in [1.54, 1.807) is 69.5 Å². The standard InChI is InChI=1S/C32H29N3O8S/c1-5-42-31(37)28-19(2)33-32-34(29(28)25-15-14-24(40-3)17-26(25)41-4)30(36)27(44-32)16-20-8-12-23(13-9-20)43-18-21-6-10-22(11-7-21)35(38)39/h6-17,29H,5,18H2,1-4H3/b27-16-/t29-/m0/s1. The third-order valence-electron chi connectivity index (χ3n) is 6.98. The van der Waals surface area contributed by atoms with Crippen LogP contribution in [0.3, 0.4) is 0 Å². The van der Waals surface area contributed by atoms with Gasteiger partial charge >= 0.3 is 5.97 Å². The van der Waals surface area contributed by atoms with Gasteiger partial charge in [-0.15, -0.1) is 0 Å². The second-order valence-corrected chi connectivity index (χ2v) is 10.7. The van der Waals surface area contributed by atoms with Crippen molar-refractivity contribution in [2.24, 2.45) is 4.99 Å². The van der Waals surface area contributed by atoms with Gasteiger partial charge in [0, 0.05) is 23.8 Å². The molecule has 1 aliphatic rings. The monoisotopic (exact) mass is 615 g/mol. The van der Waals surface area contributed by atoms with Gasteiger partial charge in [-0.1, -0.05) is 23.5 Å². The molecule has 0 saturated carbocycles. The predicted molar refractivity (Wildman–Crippen MR) is 164 cm³/mol. The molecular weight excluding hydrogens is 586 g/mol. The van der Waals surface area contributed by atoms with Crippen molar-refractivity contribution in [1.82, 2.24) is 4.57 Å². The molecule has 0 aliphatic carbocycles. The van der Waals surface area contributed by atoms with Crippen LogP contribution in [0, 0.1) is 10.1 Å². The Morgan fingerprint density at radius 1 is 1.05 bits per heavy atom. The maximum absolute atomic E-state index is 13.9. The van der Waals surface area contributed by atoms with Gasteiger partial charge in [0.1, 0.15) is 29.9 Å². The summed E-state index contributed by atoms with van der Waals surface area (Å²) < 4.78 is 24.1. The lowest BCUT2D eigenvalue weighted by Gasteiger charge is -2.26. The smallest absolute Gasteiger partial charge is 0.338 e. The van der Waals surface area contributed by atoms with E-state index < -0.39 is 16.9 Å². The number of esters is 1. The lowest BCUT2D eigenvalue weighted by Crippen LogP contribution is -2.40. The van der Waals surface area contributed by atoms with E-state index >= 15 is 0 Å². The summed E-state index contributed by atoms with van der Waals surface area (Å²) in [5.74, 6) is 1.06. The third kappa shape index (κ3) is 6.11. The largest absolute Gasteiger partial charge is 0.497 e. The van der Waals surface area contributed by atoms with Gasteiger partial charge in [-0.05, 0) is 67.4 Å². The molecule has 226 valence electrons. The Kier molecular flexibility index (Phi) is 8.91. The number of nitrogens with zero attached hydrogens (tertiary/aromatic N) is 3. The van der Waals surface area contributed by atoms with Crippen LogP contribution < -0.4 is 29.1 Å². The highest BCUT2D eigenvalue weighted by Gasteiger charge is 2.35. The van der Waals surface area contributed by atoms with Crippen molar-refractivity contribution in [1.29, 1.82) is 0 Å². The van der Waals surface area contributed by atoms with E-state index in [2.05, 4.69) is 4.99 Å². The molecule has 0 N–H and O–H groups in total. The second-order valence-electron chi connectivity index (χ2n) is 9.69. The summed E-state index contributed by atoms with van der Waals surface area (Å²) in [6.45, 7) is 3.85. The third-order valence-corrected chi connectivity index (χ3v) is 7.97. The summed E-state index contributed by atoms with van der Waals surface area (Å²) >= 11 is 1.22. The number of ether oxygens (including phenoxy) is 4. The van der Waals surface area contributed by atoms with Gasteiger partial charge in [-0.25, -0.2) is 9.79 Å². The van der Waals surface area contributed by atoms with E-state index in [0.717, 1.165) is 11.1 Å². The number of hydrogen-bond donors (Lipinski definition) is 0. The number of hydrogen-bond acceptors (Lipinski definition) is 10. The number of aromatic nitrogens is 1. The summed E-state index contributed by atoms with van der Waals surface area (Å²) in [5, 5.41) is 10.9. The topological polar surface area (TPSA) is 131 Å². The molecule has 4 aromatic rings. The Morgan fingerprint density at radius 2 is 1.75 bits per heavy atom. The van der Waals surface area contributed by atoms with Crippen LogP contribution in [0.15, 0.2) is 87.8 Å². The van der Waals surface area contributed by atoms with E-state index in [0.29, 0.717) is 37.8 Å². The number of carbonyl (C=O) groups is 1. The van der Waals surface area contributed by atoms with E-state index in [9.17, 15) is 19.7 Å². The minimum Gasteiger partial charge on any atom is -0.497 e. The van der Waals surface area contributed by atoms with Crippen LogP contribution in [0.4, 0.5) is 5.69 Å². The molecule has 1 atom stereocenters. The molecule has 0 saturated heterocycles. The van der Waals surface area contributed by atoms with Gasteiger partial charge in [-0.3, -0.25) is 19.5 Å². The number of rotatable bonds is 10. The second kappa shape index (κ2) is 13.0. The number of fused-ring (bicyclic) bond motifs is 1. The van der Waals surface area contributed by atoms with Gasteiger partial charge < -0.3 is 18.9 Å². The number of allylic oxidation sites excluding steroid dienone is 1. The molecule has 1 aliphatic heterocycles. The molecule has 12 heteroatoms. The summed E-state index contributed by atoms with van der Waals surface area (Å²) in [7, 11) is 3.06. The first-order valence-electron chi connectivity index (χ1n) is 13.6. The molecular formula is C32H29N3O8S. The molecule has 1 aromatic heterocycles. The fraction of sp³-hybridized carbons (Fsp3) is 0.219. The lowest BCUT2D eigenvalue weighted by atomic mass is 9.95. The Hall–Kier alpha value is -5.23. The SMILES string of the molecule is CCOC(=O)C1=C(C)N=c2s/c(=C\c3ccc(OCc4ccc([N+](=O)[O-])cc4)cc3)c(=O)n2[C@H]1c1ccc(OC)cc1OC. The quantitative estimate of drug-likeness (QED) is 0.147. The molecule has 2 heterocycles. The Balaban J connectivity index is 1.49. The van der Waals surface area contributed by atoms with Crippen molar-refractivity contribution in [2.75, 3.05) is 20.8 Å². The van der Waals surface area contributed by atoms with Crippen LogP contribution in [0.5, 0.6) is 17.2 Å². The van der Waals surface area contributed by atoms with Crippen molar-refractivity contribution < 1.29 is 28.7 Å². The van der Waals surface area contributed by atoms with Gasteiger partial charge in [0.15, 0.2) is 4.80 Å². The van der Waals surface area contributed by atoms with Crippen LogP contribution >= 0.6 is 11.3 Å². The molecule has 0 fully saturated rings. The Morgan fingerprint density at radius 3 is 2.39 bits per heavy atom. The average Bonchev–Trinajstić information content (AvgIpc) is 3.33. The van der Waals surface area contributed by atoms with Gasteiger partial charge in [-0.2, -0.15) is 0 Å². The van der Waals surface area contributed by atoms with Crippen molar-refractivity contribution in [3.05, 3.63) is 124 Å². The molecule has 3 aromatic carbocycles. The van der Waals surface area contributed by atoms with E-state index in [-0.39, 0.29) is 30.0 Å². The van der Waals surface area contributed by atoms with E-state index in [4.69, 9.17) is 18.9 Å². The first-order chi connectivity index (χ1) is 21.2. The number of benzene rings is 3. The fourth-order valence-electron chi connectivity index (χ4n) is 4.82. The first kappa shape index (κ1) is 30.2. The number of nitro benzene ring substituents is 1. The molecule has 44 heavy (non-hydrogen) atoms. The predicted octanol–water partition coefficient (Wildman–Crippen LogP) is 4.30. The highest BCUT2D eigenvalue weighted by molar-refractivity contribution is 7.07. The minimum absolute atomic E-state index is 0.0186. The first-order valence-corrected chi connectivity index (χ1v) is 14.4. The van der Waals surface area contributed by atoms with Crippen molar-refractivity contribution in [3.8, 4) is 17.2 Å². The summed E-state index contributed by atoms with van der Waals surface area (Å²) in [6.07, 6.45) is 1.76. The van der Waals surface area contributed by atoms with Crippen molar-refractivity contribution in [2.45, 2.75) is 26.5 Å². The van der Waals surface area contributed by atoms with E-state index in [1.807, 2.05) is 12.1 Å². The van der Waals surface area contributed by atoms with Crippen LogP contribution in [0.2, 0.25) is 0 Å². The Labute approximate surface area is 256 Å². The van der Waals surface area contributed by atoms with Crippen molar-refractivity contribution >= 4 is 29.1 Å². The number of non-ortho nitro benzene ring substituents is 1. The maximum Gasteiger partial charge on any atom is 0.338 e. The number of methoxy groups -OCH3 is 2. The zero-order chi connectivity index (χ0) is 31.4. The molecule has 0 spiro atoms. The Bertz CT molecular complexity index is 1930. The molecule has 0 bridgehead atoms. The maximum atomic E-state index is 13.9. The number of nitro groups is 1. The van der Waals surface area contributed by atoms with Crippen molar-refractivity contribution in [3.63, 3.8) is 0 Å². The number of carbonyl (C=O) groups excluding carboxylic acids is 1. The fourth-order valence-corrected chi connectivity index (χ4v) is 5.87. The zero-order valence-corrected chi connectivity index (χ0v) is 25.3. The van der Waals surface area contributed by atoms with E-state index in [1.165, 1.54) is 35.1 Å². The molecule has 5 rings (SSSR count). The lowest BCUT2D eigenvalue weighted by molar-refractivity contribution is -0.384. The minimum atomic E-state index is -0.830. The molecule has 0 unspecified atom stereocenters. The average molecular weight is 616 g/mol. The van der Waals surface area contributed by atoms with Crippen LogP contribution in [0.25, 0.3) is 6.08 Å². The van der Waals surface area contributed by atoms with Crippen LogP contribution in [-0.4, -0.2) is 36.3 Å². The summed E-state index contributed by atoms with van der Waals surface area (Å²) in [6, 6.07) is 17.8. The van der Waals surface area contributed by atoms with Gasteiger partial charge in [0.2, 0.25) is 0 Å². The molecule has 0 radical (unpaired) electrons. The van der Waals surface area contributed by atoms with Gasteiger partial charge in [0.25, 0.3) is 11.2 Å².